The molecule has 1 N–H and O–H groups in total. The van der Waals surface area contributed by atoms with Crippen molar-refractivity contribution in [2.45, 2.75) is 13.0 Å². The number of hydrogen-bond donors (Lipinski definition) is 1. The number of rotatable bonds is 2. The lowest BCUT2D eigenvalue weighted by Crippen LogP contribution is -2.34. The summed E-state index contributed by atoms with van der Waals surface area (Å²) < 4.78 is 4.66. The van der Waals surface area contributed by atoms with Gasteiger partial charge in [0.1, 0.15) is 5.82 Å². The zero-order valence-electron chi connectivity index (χ0n) is 11.2. The number of hydrogen-bond acceptors (Lipinski definition) is 6. The van der Waals surface area contributed by atoms with Gasteiger partial charge in [-0.15, -0.1) is 0 Å². The summed E-state index contributed by atoms with van der Waals surface area (Å²) in [4.78, 5) is 22.0. The molecule has 6 heteroatoms. The minimum Gasteiger partial charge on any atom is -0.463 e. The van der Waals surface area contributed by atoms with E-state index in [1.54, 1.807) is 6.20 Å². The minimum absolute atomic E-state index is 0.127. The molecule has 1 aromatic heterocycles. The molecule has 102 valence electrons. The molecule has 3 unspecified atom stereocenters. The Morgan fingerprint density at radius 1 is 1.53 bits per heavy atom. The van der Waals surface area contributed by atoms with Crippen LogP contribution in [0.15, 0.2) is 12.3 Å². The Kier molecular flexibility index (Phi) is 3.10. The van der Waals surface area contributed by atoms with Gasteiger partial charge in [0.2, 0.25) is 5.82 Å². The number of esters is 1. The fraction of sp³-hybridized carbons (Fsp3) is 0.615. The number of carbonyl (C=O) groups excluding carboxylic acids is 1. The third-order valence-electron chi connectivity index (χ3n) is 4.24. The van der Waals surface area contributed by atoms with E-state index in [2.05, 4.69) is 31.8 Å². The Bertz CT molecular complexity index is 493. The molecule has 0 aliphatic carbocycles. The van der Waals surface area contributed by atoms with E-state index >= 15 is 0 Å². The molecule has 2 fully saturated rings. The third-order valence-corrected chi connectivity index (χ3v) is 4.24. The standard InChI is InChI=1S/C13H18N4O2/c1-8-10-6-14-5-9(10)7-17(8)11-3-4-15-12(16-11)13(18)19-2/h3-4,8-10,14H,5-7H2,1-2H3. The lowest BCUT2D eigenvalue weighted by molar-refractivity contribution is 0.0586. The van der Waals surface area contributed by atoms with E-state index in [1.165, 1.54) is 7.11 Å². The van der Waals surface area contributed by atoms with Crippen LogP contribution in [0.1, 0.15) is 17.5 Å². The Morgan fingerprint density at radius 3 is 3.11 bits per heavy atom. The maximum Gasteiger partial charge on any atom is 0.376 e. The van der Waals surface area contributed by atoms with Crippen LogP contribution in [-0.2, 0) is 4.74 Å². The summed E-state index contributed by atoms with van der Waals surface area (Å²) in [5, 5.41) is 3.43. The average molecular weight is 262 g/mol. The molecule has 3 heterocycles. The Hall–Kier alpha value is -1.69. The molecule has 19 heavy (non-hydrogen) atoms. The molecule has 0 radical (unpaired) electrons. The topological polar surface area (TPSA) is 67.3 Å². The fourth-order valence-corrected chi connectivity index (χ4v) is 3.17. The molecule has 2 aliphatic heterocycles. The molecular formula is C13H18N4O2. The van der Waals surface area contributed by atoms with Gasteiger partial charge in [-0.2, -0.15) is 0 Å². The number of ether oxygens (including phenoxy) is 1. The van der Waals surface area contributed by atoms with Gasteiger partial charge in [-0.25, -0.2) is 14.8 Å². The smallest absolute Gasteiger partial charge is 0.376 e. The number of fused-ring (bicyclic) bond motifs is 1. The second-order valence-corrected chi connectivity index (χ2v) is 5.21. The molecule has 6 nitrogen and oxygen atoms in total. The number of carbonyl (C=O) groups is 1. The normalized spacial score (nSPS) is 29.4. The van der Waals surface area contributed by atoms with Gasteiger partial charge in [0.25, 0.3) is 0 Å². The van der Waals surface area contributed by atoms with Crippen LogP contribution in [0.25, 0.3) is 0 Å². The van der Waals surface area contributed by atoms with E-state index in [4.69, 9.17) is 0 Å². The molecule has 0 amide bonds. The molecule has 1 aromatic rings. The maximum absolute atomic E-state index is 11.5. The van der Waals surface area contributed by atoms with Crippen molar-refractivity contribution in [2.24, 2.45) is 11.8 Å². The first-order valence-corrected chi connectivity index (χ1v) is 6.59. The van der Waals surface area contributed by atoms with Crippen molar-refractivity contribution in [1.29, 1.82) is 0 Å². The van der Waals surface area contributed by atoms with Gasteiger partial charge in [-0.05, 0) is 24.8 Å². The van der Waals surface area contributed by atoms with Gasteiger partial charge >= 0.3 is 5.97 Å². The molecule has 0 aromatic carbocycles. The van der Waals surface area contributed by atoms with Gasteiger partial charge in [-0.1, -0.05) is 0 Å². The van der Waals surface area contributed by atoms with Crippen molar-refractivity contribution in [3.05, 3.63) is 18.1 Å². The van der Waals surface area contributed by atoms with Crippen LogP contribution >= 0.6 is 0 Å². The average Bonchev–Trinajstić information content (AvgIpc) is 3.01. The van der Waals surface area contributed by atoms with Crippen molar-refractivity contribution < 1.29 is 9.53 Å². The minimum atomic E-state index is -0.490. The first kappa shape index (κ1) is 12.3. The Labute approximate surface area is 112 Å². The van der Waals surface area contributed by atoms with E-state index in [-0.39, 0.29) is 5.82 Å². The summed E-state index contributed by atoms with van der Waals surface area (Å²) in [7, 11) is 1.34. The zero-order valence-corrected chi connectivity index (χ0v) is 11.2. The van der Waals surface area contributed by atoms with E-state index in [9.17, 15) is 4.79 Å². The van der Waals surface area contributed by atoms with E-state index in [1.807, 2.05) is 6.07 Å². The fourth-order valence-electron chi connectivity index (χ4n) is 3.17. The lowest BCUT2D eigenvalue weighted by atomic mass is 9.95. The van der Waals surface area contributed by atoms with E-state index in [0.717, 1.165) is 25.5 Å². The molecular weight excluding hydrogens is 244 g/mol. The van der Waals surface area contributed by atoms with E-state index < -0.39 is 5.97 Å². The van der Waals surface area contributed by atoms with Gasteiger partial charge in [0.15, 0.2) is 0 Å². The summed E-state index contributed by atoms with van der Waals surface area (Å²) in [6, 6.07) is 2.29. The highest BCUT2D eigenvalue weighted by atomic mass is 16.5. The van der Waals surface area contributed by atoms with Crippen LogP contribution in [0.2, 0.25) is 0 Å². The third kappa shape index (κ3) is 2.06. The second kappa shape index (κ2) is 4.77. The SMILES string of the molecule is COC(=O)c1nccc(N2CC3CNCC3C2C)n1. The van der Waals surface area contributed by atoms with Crippen LogP contribution in [0.3, 0.4) is 0 Å². The highest BCUT2D eigenvalue weighted by Gasteiger charge is 2.42. The molecule has 2 aliphatic rings. The molecule has 0 saturated carbocycles. The maximum atomic E-state index is 11.5. The predicted octanol–water partition coefficient (Wildman–Crippen LogP) is 0.307. The van der Waals surface area contributed by atoms with Crippen LogP contribution in [-0.4, -0.2) is 48.7 Å². The van der Waals surface area contributed by atoms with Gasteiger partial charge < -0.3 is 15.0 Å². The van der Waals surface area contributed by atoms with Crippen molar-refractivity contribution in [2.75, 3.05) is 31.6 Å². The number of nitrogens with zero attached hydrogens (tertiary/aromatic N) is 3. The summed E-state index contributed by atoms with van der Waals surface area (Å²) in [5.41, 5.74) is 0. The van der Waals surface area contributed by atoms with Crippen LogP contribution in [0, 0.1) is 11.8 Å². The van der Waals surface area contributed by atoms with Gasteiger partial charge in [0.05, 0.1) is 7.11 Å². The van der Waals surface area contributed by atoms with E-state index in [0.29, 0.717) is 17.9 Å². The van der Waals surface area contributed by atoms with Gasteiger partial charge in [-0.3, -0.25) is 0 Å². The molecule has 3 atom stereocenters. The Morgan fingerprint density at radius 2 is 2.37 bits per heavy atom. The molecule has 3 rings (SSSR count). The van der Waals surface area contributed by atoms with Gasteiger partial charge in [0, 0.05) is 31.9 Å². The van der Waals surface area contributed by atoms with Crippen molar-refractivity contribution in [3.8, 4) is 0 Å². The highest BCUT2D eigenvalue weighted by molar-refractivity contribution is 5.85. The lowest BCUT2D eigenvalue weighted by Gasteiger charge is -2.25. The summed E-state index contributed by atoms with van der Waals surface area (Å²) in [5.74, 6) is 1.79. The predicted molar refractivity (Wildman–Crippen MR) is 70.0 cm³/mol. The summed E-state index contributed by atoms with van der Waals surface area (Å²) >= 11 is 0. The summed E-state index contributed by atoms with van der Waals surface area (Å²) in [6.45, 7) is 5.34. The quantitative estimate of drug-likeness (QED) is 0.774. The first-order valence-electron chi connectivity index (χ1n) is 6.59. The van der Waals surface area contributed by atoms with Crippen molar-refractivity contribution in [3.63, 3.8) is 0 Å². The van der Waals surface area contributed by atoms with Crippen LogP contribution in [0.5, 0.6) is 0 Å². The monoisotopic (exact) mass is 262 g/mol. The second-order valence-electron chi connectivity index (χ2n) is 5.21. The zero-order chi connectivity index (χ0) is 13.4. The number of anilines is 1. The molecule has 0 spiro atoms. The molecule has 2 saturated heterocycles. The Balaban J connectivity index is 1.85. The number of aromatic nitrogens is 2. The first-order chi connectivity index (χ1) is 9.20. The summed E-state index contributed by atoms with van der Waals surface area (Å²) in [6.07, 6.45) is 1.62. The largest absolute Gasteiger partial charge is 0.463 e. The number of methoxy groups -OCH3 is 1. The highest BCUT2D eigenvalue weighted by Crippen LogP contribution is 2.34. The van der Waals surface area contributed by atoms with Crippen LogP contribution in [0.4, 0.5) is 5.82 Å². The number of nitrogens with one attached hydrogen (secondary N) is 1. The van der Waals surface area contributed by atoms with Crippen molar-refractivity contribution >= 4 is 11.8 Å². The van der Waals surface area contributed by atoms with Crippen LogP contribution < -0.4 is 10.2 Å². The van der Waals surface area contributed by atoms with Crippen molar-refractivity contribution in [1.82, 2.24) is 15.3 Å². The molecule has 0 bridgehead atoms.